The first-order chi connectivity index (χ1) is 9.99. The van der Waals surface area contributed by atoms with E-state index in [1.165, 1.54) is 12.1 Å². The molecule has 5 heteroatoms. The molecule has 0 saturated heterocycles. The smallest absolute Gasteiger partial charge is 0.416 e. The van der Waals surface area contributed by atoms with E-state index in [0.717, 1.165) is 24.6 Å². The summed E-state index contributed by atoms with van der Waals surface area (Å²) in [6, 6.07) is 7.46. The van der Waals surface area contributed by atoms with Gasteiger partial charge >= 0.3 is 6.18 Å². The summed E-state index contributed by atoms with van der Waals surface area (Å²) in [6.07, 6.45) is 0.233. The van der Waals surface area contributed by atoms with Gasteiger partial charge in [-0.2, -0.15) is 13.2 Å². The van der Waals surface area contributed by atoms with Crippen molar-refractivity contribution in [3.8, 4) is 0 Å². The summed E-state index contributed by atoms with van der Waals surface area (Å²) in [5.41, 5.74) is 1.12. The molecule has 2 rings (SSSR count). The molecule has 1 N–H and O–H groups in total. The van der Waals surface area contributed by atoms with Gasteiger partial charge in [-0.05, 0) is 42.6 Å². The second-order valence-corrected chi connectivity index (χ2v) is 4.99. The van der Waals surface area contributed by atoms with Crippen LogP contribution in [0.4, 0.5) is 13.2 Å². The van der Waals surface area contributed by atoms with E-state index in [1.54, 1.807) is 18.6 Å². The first-order valence-electron chi connectivity index (χ1n) is 6.89. The number of likely N-dealkylation sites (N-methyl/N-ethyl adjacent to an activating group) is 1. The monoisotopic (exact) mass is 297 g/mol. The molecule has 1 atom stereocenters. The van der Waals surface area contributed by atoms with Crippen LogP contribution in [-0.2, 0) is 19.0 Å². The van der Waals surface area contributed by atoms with E-state index in [4.69, 9.17) is 4.42 Å². The largest absolute Gasteiger partial charge is 0.472 e. The van der Waals surface area contributed by atoms with Crippen LogP contribution in [0, 0.1) is 0 Å². The van der Waals surface area contributed by atoms with Crippen LogP contribution < -0.4 is 5.32 Å². The fourth-order valence-corrected chi connectivity index (χ4v) is 2.36. The Morgan fingerprint density at radius 3 is 2.52 bits per heavy atom. The summed E-state index contributed by atoms with van der Waals surface area (Å²) in [5.74, 6) is 0. The highest BCUT2D eigenvalue weighted by Crippen LogP contribution is 2.29. The second kappa shape index (κ2) is 6.80. The van der Waals surface area contributed by atoms with Crippen molar-refractivity contribution in [1.29, 1.82) is 0 Å². The van der Waals surface area contributed by atoms with Gasteiger partial charge in [0.15, 0.2) is 0 Å². The maximum Gasteiger partial charge on any atom is 0.416 e. The average molecular weight is 297 g/mol. The third-order valence-electron chi connectivity index (χ3n) is 3.29. The Balaban J connectivity index is 2.09. The van der Waals surface area contributed by atoms with Crippen molar-refractivity contribution in [3.05, 3.63) is 59.5 Å². The van der Waals surface area contributed by atoms with Crippen LogP contribution in [0.1, 0.15) is 23.6 Å². The Morgan fingerprint density at radius 1 is 1.14 bits per heavy atom. The number of halogens is 3. The molecule has 1 heterocycles. The maximum absolute atomic E-state index is 12.7. The molecule has 114 valence electrons. The fourth-order valence-electron chi connectivity index (χ4n) is 2.36. The first kappa shape index (κ1) is 15.6. The third kappa shape index (κ3) is 4.63. The van der Waals surface area contributed by atoms with Crippen LogP contribution in [-0.4, -0.2) is 12.6 Å². The van der Waals surface area contributed by atoms with Gasteiger partial charge in [0.2, 0.25) is 0 Å². The molecule has 0 amide bonds. The van der Waals surface area contributed by atoms with E-state index in [2.05, 4.69) is 5.32 Å². The van der Waals surface area contributed by atoms with Gasteiger partial charge in [-0.1, -0.05) is 25.1 Å². The van der Waals surface area contributed by atoms with Gasteiger partial charge in [-0.15, -0.1) is 0 Å². The Morgan fingerprint density at radius 2 is 1.90 bits per heavy atom. The lowest BCUT2D eigenvalue weighted by atomic mass is 9.99. The number of furan rings is 1. The summed E-state index contributed by atoms with van der Waals surface area (Å²) >= 11 is 0. The van der Waals surface area contributed by atoms with Gasteiger partial charge < -0.3 is 9.73 Å². The third-order valence-corrected chi connectivity index (χ3v) is 3.29. The van der Waals surface area contributed by atoms with Gasteiger partial charge in [0.25, 0.3) is 0 Å². The number of nitrogens with one attached hydrogen (secondary N) is 1. The highest BCUT2D eigenvalue weighted by atomic mass is 19.4. The molecule has 0 radical (unpaired) electrons. The van der Waals surface area contributed by atoms with Crippen molar-refractivity contribution >= 4 is 0 Å². The minimum atomic E-state index is -4.30. The van der Waals surface area contributed by atoms with Gasteiger partial charge in [-0.3, -0.25) is 0 Å². The molecule has 21 heavy (non-hydrogen) atoms. The zero-order chi connectivity index (χ0) is 15.3. The van der Waals surface area contributed by atoms with Crippen LogP contribution in [0.25, 0.3) is 0 Å². The van der Waals surface area contributed by atoms with Gasteiger partial charge in [0.05, 0.1) is 18.1 Å². The molecule has 1 aromatic heterocycles. The van der Waals surface area contributed by atoms with E-state index < -0.39 is 11.7 Å². The van der Waals surface area contributed by atoms with Crippen molar-refractivity contribution in [3.63, 3.8) is 0 Å². The lowest BCUT2D eigenvalue weighted by molar-refractivity contribution is -0.137. The average Bonchev–Trinajstić information content (AvgIpc) is 2.91. The van der Waals surface area contributed by atoms with Crippen LogP contribution in [0.15, 0.2) is 47.3 Å². The van der Waals surface area contributed by atoms with Crippen molar-refractivity contribution in [2.24, 2.45) is 0 Å². The Kier molecular flexibility index (Phi) is 5.07. The topological polar surface area (TPSA) is 25.2 Å². The number of rotatable bonds is 6. The van der Waals surface area contributed by atoms with Crippen molar-refractivity contribution in [1.82, 2.24) is 5.32 Å². The standard InChI is InChI=1S/C16H18F3NO/c1-2-20-15(10-13-6-7-21-11-13)9-12-4-3-5-14(8-12)16(17,18)19/h3-8,11,15,20H,2,9-10H2,1H3. The highest BCUT2D eigenvalue weighted by molar-refractivity contribution is 5.26. The molecule has 0 aliphatic heterocycles. The van der Waals surface area contributed by atoms with Gasteiger partial charge in [0, 0.05) is 6.04 Å². The van der Waals surface area contributed by atoms with Gasteiger partial charge in [0.1, 0.15) is 0 Å². The maximum atomic E-state index is 12.7. The van der Waals surface area contributed by atoms with E-state index in [-0.39, 0.29) is 6.04 Å². The lowest BCUT2D eigenvalue weighted by Gasteiger charge is -2.18. The molecule has 1 aromatic carbocycles. The van der Waals surface area contributed by atoms with Crippen molar-refractivity contribution in [2.75, 3.05) is 6.54 Å². The van der Waals surface area contributed by atoms with E-state index in [9.17, 15) is 13.2 Å². The predicted molar refractivity (Wildman–Crippen MR) is 75.0 cm³/mol. The minimum Gasteiger partial charge on any atom is -0.472 e. The minimum absolute atomic E-state index is 0.0797. The van der Waals surface area contributed by atoms with Crippen LogP contribution >= 0.6 is 0 Å². The molecular weight excluding hydrogens is 279 g/mol. The summed E-state index contributed by atoms with van der Waals surface area (Å²) in [5, 5.41) is 3.30. The molecule has 1 unspecified atom stereocenters. The van der Waals surface area contributed by atoms with E-state index in [1.807, 2.05) is 13.0 Å². The van der Waals surface area contributed by atoms with E-state index >= 15 is 0 Å². The van der Waals surface area contributed by atoms with Crippen LogP contribution in [0.3, 0.4) is 0 Å². The molecular formula is C16H18F3NO. The molecule has 0 saturated carbocycles. The molecule has 0 spiro atoms. The molecule has 2 nitrogen and oxygen atoms in total. The quantitative estimate of drug-likeness (QED) is 0.869. The summed E-state index contributed by atoms with van der Waals surface area (Å²) in [4.78, 5) is 0. The van der Waals surface area contributed by atoms with Crippen molar-refractivity contribution < 1.29 is 17.6 Å². The number of alkyl halides is 3. The van der Waals surface area contributed by atoms with Gasteiger partial charge in [-0.25, -0.2) is 0 Å². The highest BCUT2D eigenvalue weighted by Gasteiger charge is 2.30. The Hall–Kier alpha value is -1.75. The summed E-state index contributed by atoms with van der Waals surface area (Å²) in [7, 11) is 0. The number of hydrogen-bond donors (Lipinski definition) is 1. The normalized spacial score (nSPS) is 13.3. The van der Waals surface area contributed by atoms with E-state index in [0.29, 0.717) is 12.0 Å². The number of hydrogen-bond acceptors (Lipinski definition) is 2. The lowest BCUT2D eigenvalue weighted by Crippen LogP contribution is -2.33. The zero-order valence-corrected chi connectivity index (χ0v) is 11.8. The Bertz CT molecular complexity index is 549. The first-order valence-corrected chi connectivity index (χ1v) is 6.89. The zero-order valence-electron chi connectivity index (χ0n) is 11.8. The fraction of sp³-hybridized carbons (Fsp3) is 0.375. The number of benzene rings is 1. The van der Waals surface area contributed by atoms with Crippen LogP contribution in [0.5, 0.6) is 0 Å². The molecule has 0 aliphatic rings. The SMILES string of the molecule is CCNC(Cc1ccoc1)Cc1cccc(C(F)(F)F)c1. The summed E-state index contributed by atoms with van der Waals surface area (Å²) < 4.78 is 43.2. The molecule has 2 aromatic rings. The Labute approximate surface area is 122 Å². The van der Waals surface area contributed by atoms with Crippen molar-refractivity contribution in [2.45, 2.75) is 32.0 Å². The van der Waals surface area contributed by atoms with Crippen LogP contribution in [0.2, 0.25) is 0 Å². The molecule has 0 aliphatic carbocycles. The summed E-state index contributed by atoms with van der Waals surface area (Å²) in [6.45, 7) is 2.75. The molecule has 0 bridgehead atoms. The predicted octanol–water partition coefficient (Wildman–Crippen LogP) is 4.06. The molecule has 0 fully saturated rings. The second-order valence-electron chi connectivity index (χ2n) is 4.99.